The number of hydrogen-bond donors (Lipinski definition) is 0. The van der Waals surface area contributed by atoms with Crippen LogP contribution >= 0.6 is 27.3 Å². The zero-order valence-electron chi connectivity index (χ0n) is 24.1. The second-order valence-electron chi connectivity index (χ2n) is 10.1. The quantitative estimate of drug-likeness (QED) is 0.184. The van der Waals surface area contributed by atoms with Gasteiger partial charge >= 0.3 is 5.97 Å². The molecular formula is C36H26BrN3O4S. The van der Waals surface area contributed by atoms with Gasteiger partial charge in [-0.1, -0.05) is 96.3 Å². The summed E-state index contributed by atoms with van der Waals surface area (Å²) in [5, 5.41) is 9.37. The highest BCUT2D eigenvalue weighted by atomic mass is 79.9. The summed E-state index contributed by atoms with van der Waals surface area (Å²) in [7, 11) is 0. The van der Waals surface area contributed by atoms with Gasteiger partial charge in [0, 0.05) is 11.1 Å². The highest BCUT2D eigenvalue weighted by Crippen LogP contribution is 2.35. The lowest BCUT2D eigenvalue weighted by Gasteiger charge is -2.25. The standard InChI is InChI=1S/C36H26BrN3O4S/c1-2-43-35(42)31-32(24-11-5-3-6-12-24)39-36-40(33(31)25-13-7-4-8-14-25)34(41)30(45-36)20-23-17-18-29(28(37)19-23)44-22-27-16-10-9-15-26(27)21-38/h3-20,33H,2,22H2,1H3/b30-20-/t33-/m1/s1. The van der Waals surface area contributed by atoms with E-state index < -0.39 is 12.0 Å². The first-order valence-electron chi connectivity index (χ1n) is 14.2. The molecule has 1 atom stereocenters. The summed E-state index contributed by atoms with van der Waals surface area (Å²) in [5.74, 6) is 0.0946. The molecule has 1 aliphatic heterocycles. The number of rotatable bonds is 8. The van der Waals surface area contributed by atoms with Gasteiger partial charge in [-0.25, -0.2) is 9.79 Å². The van der Waals surface area contributed by atoms with Crippen molar-refractivity contribution in [1.29, 1.82) is 5.26 Å². The molecule has 45 heavy (non-hydrogen) atoms. The van der Waals surface area contributed by atoms with Crippen LogP contribution in [0.15, 0.2) is 123 Å². The summed E-state index contributed by atoms with van der Waals surface area (Å²) in [5.41, 5.74) is 4.22. The highest BCUT2D eigenvalue weighted by molar-refractivity contribution is 9.10. The van der Waals surface area contributed by atoms with Crippen molar-refractivity contribution in [3.8, 4) is 11.8 Å². The van der Waals surface area contributed by atoms with Gasteiger partial charge in [0.25, 0.3) is 5.56 Å². The summed E-state index contributed by atoms with van der Waals surface area (Å²) >= 11 is 4.86. The maximum absolute atomic E-state index is 14.1. The highest BCUT2D eigenvalue weighted by Gasteiger charge is 2.35. The SMILES string of the molecule is CCOC(=O)C1=C(c2ccccc2)N=c2s/c(=C\c3ccc(OCc4ccccc4C#N)c(Br)c3)c(=O)n2[C@@H]1c1ccccc1. The molecule has 0 radical (unpaired) electrons. The van der Waals surface area contributed by atoms with Crippen LogP contribution in [0, 0.1) is 11.3 Å². The van der Waals surface area contributed by atoms with E-state index in [4.69, 9.17) is 14.5 Å². The molecular weight excluding hydrogens is 650 g/mol. The molecule has 0 bridgehead atoms. The van der Waals surface area contributed by atoms with Gasteiger partial charge < -0.3 is 9.47 Å². The van der Waals surface area contributed by atoms with E-state index >= 15 is 0 Å². The minimum absolute atomic E-state index is 0.190. The molecule has 6 rings (SSSR count). The Bertz CT molecular complexity index is 2150. The predicted molar refractivity (Wildman–Crippen MR) is 177 cm³/mol. The van der Waals surface area contributed by atoms with E-state index in [2.05, 4.69) is 22.0 Å². The predicted octanol–water partition coefficient (Wildman–Crippen LogP) is 6.15. The maximum Gasteiger partial charge on any atom is 0.338 e. The molecule has 0 amide bonds. The van der Waals surface area contributed by atoms with Crippen molar-refractivity contribution in [3.63, 3.8) is 0 Å². The zero-order chi connectivity index (χ0) is 31.3. The van der Waals surface area contributed by atoms with Crippen molar-refractivity contribution < 1.29 is 14.3 Å². The van der Waals surface area contributed by atoms with E-state index in [0.717, 1.165) is 22.3 Å². The number of hydrogen-bond acceptors (Lipinski definition) is 7. The number of carbonyl (C=O) groups excluding carboxylic acids is 1. The smallest absolute Gasteiger partial charge is 0.338 e. The lowest BCUT2D eigenvalue weighted by Crippen LogP contribution is -2.39. The van der Waals surface area contributed by atoms with Crippen LogP contribution in [0.1, 0.15) is 40.8 Å². The van der Waals surface area contributed by atoms with Crippen molar-refractivity contribution in [2.45, 2.75) is 19.6 Å². The van der Waals surface area contributed by atoms with E-state index in [1.165, 1.54) is 11.3 Å². The molecule has 1 aliphatic rings. The van der Waals surface area contributed by atoms with E-state index in [1.807, 2.05) is 103 Å². The molecule has 7 nitrogen and oxygen atoms in total. The fraction of sp³-hybridized carbons (Fsp3) is 0.111. The van der Waals surface area contributed by atoms with Gasteiger partial charge in [-0.05, 0) is 58.3 Å². The first kappa shape index (κ1) is 30.0. The number of benzene rings is 4. The van der Waals surface area contributed by atoms with Crippen LogP contribution in [-0.4, -0.2) is 17.1 Å². The topological polar surface area (TPSA) is 93.7 Å². The van der Waals surface area contributed by atoms with Crippen molar-refractivity contribution in [1.82, 2.24) is 4.57 Å². The summed E-state index contributed by atoms with van der Waals surface area (Å²) in [6.07, 6.45) is 1.81. The largest absolute Gasteiger partial charge is 0.488 e. The third kappa shape index (κ3) is 6.16. The van der Waals surface area contributed by atoms with E-state index in [1.54, 1.807) is 17.6 Å². The van der Waals surface area contributed by atoms with E-state index in [9.17, 15) is 14.9 Å². The number of ether oxygens (including phenoxy) is 2. The first-order valence-corrected chi connectivity index (χ1v) is 15.8. The fourth-order valence-corrected chi connectivity index (χ4v) is 6.69. The van der Waals surface area contributed by atoms with Crippen LogP contribution in [0.3, 0.4) is 0 Å². The Morgan fingerprint density at radius 2 is 1.73 bits per heavy atom. The van der Waals surface area contributed by atoms with Gasteiger partial charge in [0.05, 0.1) is 44.6 Å². The van der Waals surface area contributed by atoms with Gasteiger partial charge in [-0.3, -0.25) is 9.36 Å². The van der Waals surface area contributed by atoms with Crippen molar-refractivity contribution in [3.05, 3.63) is 161 Å². The molecule has 9 heteroatoms. The van der Waals surface area contributed by atoms with Crippen LogP contribution < -0.4 is 19.6 Å². The molecule has 0 saturated carbocycles. The van der Waals surface area contributed by atoms with Crippen LogP contribution in [-0.2, 0) is 16.1 Å². The second kappa shape index (κ2) is 13.3. The van der Waals surface area contributed by atoms with Crippen LogP contribution in [0.2, 0.25) is 0 Å². The van der Waals surface area contributed by atoms with E-state index in [0.29, 0.717) is 36.4 Å². The third-order valence-corrected chi connectivity index (χ3v) is 8.87. The summed E-state index contributed by atoms with van der Waals surface area (Å²) < 4.78 is 14.3. The Kier molecular flexibility index (Phi) is 8.87. The Labute approximate surface area is 271 Å². The normalized spacial score (nSPS) is 14.3. The number of esters is 1. The maximum atomic E-state index is 14.1. The Hall–Kier alpha value is -5.04. The van der Waals surface area contributed by atoms with Crippen LogP contribution in [0.25, 0.3) is 11.8 Å². The lowest BCUT2D eigenvalue weighted by molar-refractivity contribution is -0.138. The number of carbonyl (C=O) groups is 1. The van der Waals surface area contributed by atoms with Crippen LogP contribution in [0.4, 0.5) is 0 Å². The fourth-order valence-electron chi connectivity index (χ4n) is 5.18. The molecule has 0 fully saturated rings. The molecule has 0 N–H and O–H groups in total. The minimum Gasteiger partial charge on any atom is -0.488 e. The Balaban J connectivity index is 1.44. The summed E-state index contributed by atoms with van der Waals surface area (Å²) in [4.78, 5) is 33.0. The lowest BCUT2D eigenvalue weighted by atomic mass is 9.93. The van der Waals surface area contributed by atoms with Crippen molar-refractivity contribution in [2.75, 3.05) is 6.61 Å². The summed E-state index contributed by atoms with van der Waals surface area (Å²) in [6, 6.07) is 33.3. The number of fused-ring (bicyclic) bond motifs is 1. The molecule has 5 aromatic rings. The van der Waals surface area contributed by atoms with Crippen LogP contribution in [0.5, 0.6) is 5.75 Å². The van der Waals surface area contributed by atoms with E-state index in [-0.39, 0.29) is 18.8 Å². The number of nitriles is 1. The Morgan fingerprint density at radius 3 is 2.44 bits per heavy atom. The molecule has 1 aromatic heterocycles. The van der Waals surface area contributed by atoms with Gasteiger partial charge in [0.15, 0.2) is 4.80 Å². The van der Waals surface area contributed by atoms with Crippen molar-refractivity contribution >= 4 is 45.0 Å². The number of halogens is 1. The monoisotopic (exact) mass is 675 g/mol. The third-order valence-electron chi connectivity index (χ3n) is 7.26. The van der Waals surface area contributed by atoms with Crippen molar-refractivity contribution in [2.24, 2.45) is 4.99 Å². The number of aromatic nitrogens is 1. The zero-order valence-corrected chi connectivity index (χ0v) is 26.5. The average Bonchev–Trinajstić information content (AvgIpc) is 3.38. The molecule has 222 valence electrons. The Morgan fingerprint density at radius 1 is 1.02 bits per heavy atom. The molecule has 0 aliphatic carbocycles. The van der Waals surface area contributed by atoms with Gasteiger partial charge in [-0.2, -0.15) is 5.26 Å². The first-order chi connectivity index (χ1) is 22.0. The molecule has 2 heterocycles. The van der Waals surface area contributed by atoms with Gasteiger partial charge in [-0.15, -0.1) is 0 Å². The molecule has 0 spiro atoms. The minimum atomic E-state index is -0.724. The second-order valence-corrected chi connectivity index (χ2v) is 12.0. The molecule has 0 unspecified atom stereocenters. The molecule has 4 aromatic carbocycles. The average molecular weight is 677 g/mol. The number of thiazole rings is 1. The molecule has 0 saturated heterocycles. The van der Waals surface area contributed by atoms with Gasteiger partial charge in [0.1, 0.15) is 12.4 Å². The van der Waals surface area contributed by atoms with Gasteiger partial charge in [0.2, 0.25) is 0 Å². The number of nitrogens with zero attached hydrogens (tertiary/aromatic N) is 3. The summed E-state index contributed by atoms with van der Waals surface area (Å²) in [6.45, 7) is 2.19.